The van der Waals surface area contributed by atoms with Crippen LogP contribution in [0.1, 0.15) is 43.0 Å². The van der Waals surface area contributed by atoms with Crippen molar-refractivity contribution in [1.29, 1.82) is 0 Å². The lowest BCUT2D eigenvalue weighted by molar-refractivity contribution is 0.184. The largest absolute Gasteiger partial charge is 0.330 e. The molecule has 2 unspecified atom stereocenters. The number of nitrogens with zero attached hydrogens (tertiary/aromatic N) is 1. The van der Waals surface area contributed by atoms with Gasteiger partial charge < -0.3 is 5.73 Å². The van der Waals surface area contributed by atoms with Gasteiger partial charge in [0.1, 0.15) is 0 Å². The number of hydrogen-bond donors (Lipinski definition) is 1. The average molecular weight is 246 g/mol. The zero-order valence-electron chi connectivity index (χ0n) is 12.1. The van der Waals surface area contributed by atoms with Crippen molar-refractivity contribution in [3.63, 3.8) is 0 Å². The Kier molecular flexibility index (Phi) is 4.08. The van der Waals surface area contributed by atoms with Crippen molar-refractivity contribution in [2.45, 2.75) is 46.2 Å². The fraction of sp³-hybridized carbons (Fsp3) is 0.625. The third-order valence-corrected chi connectivity index (χ3v) is 4.49. The van der Waals surface area contributed by atoms with Gasteiger partial charge in [-0.05, 0) is 69.8 Å². The Morgan fingerprint density at radius 2 is 2.06 bits per heavy atom. The molecule has 18 heavy (non-hydrogen) atoms. The standard InChI is InChI=1S/C16H26N2/c1-11(2)18-9-8-14(10-17)16(18)15-7-5-6-12(3)13(15)4/h5-7,11,14,16H,8-10,17H2,1-4H3. The van der Waals surface area contributed by atoms with E-state index in [2.05, 4.69) is 50.8 Å². The molecule has 0 amide bonds. The molecule has 1 aromatic carbocycles. The summed E-state index contributed by atoms with van der Waals surface area (Å²) < 4.78 is 0. The van der Waals surface area contributed by atoms with Gasteiger partial charge in [0.05, 0.1) is 0 Å². The average Bonchev–Trinajstić information content (AvgIpc) is 2.76. The smallest absolute Gasteiger partial charge is 0.0394 e. The highest BCUT2D eigenvalue weighted by atomic mass is 15.2. The van der Waals surface area contributed by atoms with E-state index >= 15 is 0 Å². The molecule has 0 saturated carbocycles. The minimum absolute atomic E-state index is 0.509. The molecule has 1 aromatic rings. The van der Waals surface area contributed by atoms with Crippen LogP contribution in [-0.4, -0.2) is 24.0 Å². The molecular formula is C16H26N2. The number of aryl methyl sites for hydroxylation is 1. The molecule has 2 nitrogen and oxygen atoms in total. The first-order valence-corrected chi connectivity index (χ1v) is 7.08. The fourth-order valence-corrected chi connectivity index (χ4v) is 3.24. The first-order valence-electron chi connectivity index (χ1n) is 7.08. The van der Waals surface area contributed by atoms with Gasteiger partial charge in [-0.15, -0.1) is 0 Å². The molecule has 1 fully saturated rings. The maximum Gasteiger partial charge on any atom is 0.0394 e. The van der Waals surface area contributed by atoms with Gasteiger partial charge >= 0.3 is 0 Å². The van der Waals surface area contributed by atoms with E-state index in [1.165, 1.54) is 29.7 Å². The van der Waals surface area contributed by atoms with Gasteiger partial charge in [0, 0.05) is 12.1 Å². The van der Waals surface area contributed by atoms with Crippen LogP contribution in [0.25, 0.3) is 0 Å². The Hall–Kier alpha value is -0.860. The van der Waals surface area contributed by atoms with Gasteiger partial charge in [-0.1, -0.05) is 18.2 Å². The van der Waals surface area contributed by atoms with Crippen molar-refractivity contribution in [2.75, 3.05) is 13.1 Å². The minimum atomic E-state index is 0.509. The van der Waals surface area contributed by atoms with Gasteiger partial charge in [-0.2, -0.15) is 0 Å². The maximum atomic E-state index is 5.99. The van der Waals surface area contributed by atoms with E-state index in [4.69, 9.17) is 5.73 Å². The lowest BCUT2D eigenvalue weighted by Crippen LogP contribution is -2.33. The highest BCUT2D eigenvalue weighted by Crippen LogP contribution is 2.39. The SMILES string of the molecule is Cc1cccc(C2C(CN)CCN2C(C)C)c1C. The third-order valence-electron chi connectivity index (χ3n) is 4.49. The molecule has 2 atom stereocenters. The summed E-state index contributed by atoms with van der Waals surface area (Å²) in [5.41, 5.74) is 10.3. The summed E-state index contributed by atoms with van der Waals surface area (Å²) in [6, 6.07) is 7.77. The fourth-order valence-electron chi connectivity index (χ4n) is 3.24. The predicted molar refractivity (Wildman–Crippen MR) is 77.7 cm³/mol. The van der Waals surface area contributed by atoms with E-state index in [9.17, 15) is 0 Å². The first kappa shape index (κ1) is 13.6. The maximum absolute atomic E-state index is 5.99. The summed E-state index contributed by atoms with van der Waals surface area (Å²) in [7, 11) is 0. The molecule has 0 aromatic heterocycles. The van der Waals surface area contributed by atoms with Crippen LogP contribution >= 0.6 is 0 Å². The molecule has 2 heteroatoms. The van der Waals surface area contributed by atoms with Crippen molar-refractivity contribution in [1.82, 2.24) is 4.90 Å². The van der Waals surface area contributed by atoms with Crippen LogP contribution < -0.4 is 5.73 Å². The molecular weight excluding hydrogens is 220 g/mol. The lowest BCUT2D eigenvalue weighted by Gasteiger charge is -2.32. The zero-order valence-corrected chi connectivity index (χ0v) is 12.1. The summed E-state index contributed by atoms with van der Waals surface area (Å²) in [4.78, 5) is 2.61. The Morgan fingerprint density at radius 1 is 1.33 bits per heavy atom. The molecule has 1 aliphatic rings. The Balaban J connectivity index is 2.40. The van der Waals surface area contributed by atoms with E-state index in [0.29, 0.717) is 18.0 Å². The summed E-state index contributed by atoms with van der Waals surface area (Å²) in [5.74, 6) is 0.605. The van der Waals surface area contributed by atoms with Crippen LogP contribution in [0.15, 0.2) is 18.2 Å². The second-order valence-electron chi connectivity index (χ2n) is 5.85. The molecule has 0 radical (unpaired) electrons. The topological polar surface area (TPSA) is 29.3 Å². The second-order valence-corrected chi connectivity index (χ2v) is 5.85. The number of likely N-dealkylation sites (tertiary alicyclic amines) is 1. The van der Waals surface area contributed by atoms with Gasteiger partial charge in [-0.25, -0.2) is 0 Å². The van der Waals surface area contributed by atoms with Crippen molar-refractivity contribution >= 4 is 0 Å². The predicted octanol–water partition coefficient (Wildman–Crippen LogP) is 3.03. The van der Waals surface area contributed by atoms with Crippen LogP contribution in [0.2, 0.25) is 0 Å². The van der Waals surface area contributed by atoms with Crippen molar-refractivity contribution < 1.29 is 0 Å². The van der Waals surface area contributed by atoms with Crippen LogP contribution in [-0.2, 0) is 0 Å². The molecule has 1 saturated heterocycles. The molecule has 0 aliphatic carbocycles. The quantitative estimate of drug-likeness (QED) is 0.888. The molecule has 100 valence electrons. The van der Waals surface area contributed by atoms with Crippen LogP contribution in [0.3, 0.4) is 0 Å². The van der Waals surface area contributed by atoms with E-state index in [1.807, 2.05) is 0 Å². The Labute approximate surface area is 111 Å². The van der Waals surface area contributed by atoms with Crippen molar-refractivity contribution in [2.24, 2.45) is 11.7 Å². The summed E-state index contributed by atoms with van der Waals surface area (Å²) >= 11 is 0. The highest BCUT2D eigenvalue weighted by Gasteiger charge is 2.36. The number of rotatable bonds is 3. The van der Waals surface area contributed by atoms with Gasteiger partial charge in [-0.3, -0.25) is 4.90 Å². The zero-order chi connectivity index (χ0) is 13.3. The molecule has 0 bridgehead atoms. The van der Waals surface area contributed by atoms with Crippen LogP contribution in [0, 0.1) is 19.8 Å². The normalized spacial score (nSPS) is 25.0. The summed E-state index contributed by atoms with van der Waals surface area (Å²) in [6.45, 7) is 11.0. The van der Waals surface area contributed by atoms with E-state index in [-0.39, 0.29) is 0 Å². The first-order chi connectivity index (χ1) is 8.56. The third kappa shape index (κ3) is 2.32. The molecule has 1 heterocycles. The summed E-state index contributed by atoms with van der Waals surface area (Å²) in [5, 5.41) is 0. The highest BCUT2D eigenvalue weighted by molar-refractivity contribution is 5.36. The van der Waals surface area contributed by atoms with Crippen LogP contribution in [0.4, 0.5) is 0 Å². The second kappa shape index (κ2) is 5.41. The van der Waals surface area contributed by atoms with E-state index in [1.54, 1.807) is 0 Å². The van der Waals surface area contributed by atoms with Crippen molar-refractivity contribution in [3.8, 4) is 0 Å². The van der Waals surface area contributed by atoms with E-state index in [0.717, 1.165) is 6.54 Å². The minimum Gasteiger partial charge on any atom is -0.330 e. The monoisotopic (exact) mass is 246 g/mol. The number of nitrogens with two attached hydrogens (primary N) is 1. The van der Waals surface area contributed by atoms with Crippen molar-refractivity contribution in [3.05, 3.63) is 34.9 Å². The number of benzene rings is 1. The van der Waals surface area contributed by atoms with Crippen LogP contribution in [0.5, 0.6) is 0 Å². The van der Waals surface area contributed by atoms with E-state index < -0.39 is 0 Å². The van der Waals surface area contributed by atoms with Gasteiger partial charge in [0.25, 0.3) is 0 Å². The Morgan fingerprint density at radius 3 is 2.67 bits per heavy atom. The molecule has 2 rings (SSSR count). The van der Waals surface area contributed by atoms with Gasteiger partial charge in [0.2, 0.25) is 0 Å². The molecule has 1 aliphatic heterocycles. The lowest BCUT2D eigenvalue weighted by atomic mass is 9.89. The van der Waals surface area contributed by atoms with Gasteiger partial charge in [0.15, 0.2) is 0 Å². The summed E-state index contributed by atoms with van der Waals surface area (Å²) in [6.07, 6.45) is 1.23. The molecule has 2 N–H and O–H groups in total. The molecule has 0 spiro atoms. The Bertz CT molecular complexity index is 412. The number of hydrogen-bond acceptors (Lipinski definition) is 2.